The van der Waals surface area contributed by atoms with Crippen LogP contribution in [-0.2, 0) is 14.8 Å². The number of hydrogen-bond donors (Lipinski definition) is 1. The Balaban J connectivity index is 2.45. The Labute approximate surface area is 131 Å². The maximum Gasteiger partial charge on any atom is 0.289 e. The molecular formula is C12H15BrN2O5S. The molecule has 2 atom stereocenters. The molecule has 2 rings (SSSR count). The molecule has 1 aromatic carbocycles. The number of nitro benzene ring substituents is 1. The molecule has 0 aromatic heterocycles. The molecule has 1 fully saturated rings. The molecule has 1 aliphatic rings. The van der Waals surface area contributed by atoms with Crippen molar-refractivity contribution in [1.29, 1.82) is 0 Å². The molecule has 9 heteroatoms. The first-order chi connectivity index (χ1) is 9.66. The van der Waals surface area contributed by atoms with Crippen molar-refractivity contribution < 1.29 is 18.1 Å². The van der Waals surface area contributed by atoms with Gasteiger partial charge in [0, 0.05) is 17.1 Å². The number of nitrogens with zero attached hydrogens (tertiary/aromatic N) is 1. The quantitative estimate of drug-likeness (QED) is 0.639. The van der Waals surface area contributed by atoms with E-state index >= 15 is 0 Å². The van der Waals surface area contributed by atoms with E-state index in [1.807, 2.05) is 0 Å². The number of benzene rings is 1. The predicted molar refractivity (Wildman–Crippen MR) is 79.6 cm³/mol. The highest BCUT2D eigenvalue weighted by Crippen LogP contribution is 2.31. The second-order valence-electron chi connectivity index (χ2n) is 5.16. The molecule has 0 saturated carbocycles. The minimum atomic E-state index is -4.03. The Kier molecular flexibility index (Phi) is 4.39. The lowest BCUT2D eigenvalue weighted by Crippen LogP contribution is -2.50. The number of hydrogen-bond acceptors (Lipinski definition) is 5. The van der Waals surface area contributed by atoms with Gasteiger partial charge in [-0.1, -0.05) is 15.9 Å². The third-order valence-electron chi connectivity index (χ3n) is 3.66. The summed E-state index contributed by atoms with van der Waals surface area (Å²) >= 11 is 3.14. The second-order valence-corrected chi connectivity index (χ2v) is 7.72. The highest BCUT2D eigenvalue weighted by atomic mass is 79.9. The van der Waals surface area contributed by atoms with Crippen LogP contribution in [-0.4, -0.2) is 31.6 Å². The number of ether oxygens (including phenoxy) is 1. The maximum atomic E-state index is 12.5. The van der Waals surface area contributed by atoms with Gasteiger partial charge in [-0.15, -0.1) is 0 Å². The van der Waals surface area contributed by atoms with Crippen LogP contribution in [0.4, 0.5) is 5.69 Å². The zero-order chi connectivity index (χ0) is 15.8. The molecule has 0 spiro atoms. The van der Waals surface area contributed by atoms with Crippen molar-refractivity contribution in [3.05, 3.63) is 32.8 Å². The Morgan fingerprint density at radius 2 is 2.19 bits per heavy atom. The third-order valence-corrected chi connectivity index (χ3v) is 5.80. The summed E-state index contributed by atoms with van der Waals surface area (Å²) in [7, 11) is -4.03. The van der Waals surface area contributed by atoms with Gasteiger partial charge >= 0.3 is 0 Å². The fourth-order valence-electron chi connectivity index (χ4n) is 2.18. The van der Waals surface area contributed by atoms with E-state index in [0.29, 0.717) is 17.5 Å². The summed E-state index contributed by atoms with van der Waals surface area (Å²) in [5.74, 6) is 0. The van der Waals surface area contributed by atoms with Crippen LogP contribution < -0.4 is 4.72 Å². The zero-order valence-corrected chi connectivity index (χ0v) is 13.9. The fourth-order valence-corrected chi connectivity index (χ4v) is 4.39. The van der Waals surface area contributed by atoms with Gasteiger partial charge in [-0.3, -0.25) is 10.1 Å². The van der Waals surface area contributed by atoms with E-state index in [9.17, 15) is 18.5 Å². The largest absolute Gasteiger partial charge is 0.376 e. The normalized spacial score (nSPS) is 26.0. The lowest BCUT2D eigenvalue weighted by molar-refractivity contribution is -0.387. The second kappa shape index (κ2) is 5.64. The summed E-state index contributed by atoms with van der Waals surface area (Å²) in [6, 6.07) is 3.82. The van der Waals surface area contributed by atoms with Crippen molar-refractivity contribution in [3.63, 3.8) is 0 Å². The molecule has 1 heterocycles. The average Bonchev–Trinajstić information content (AvgIpc) is 2.68. The molecule has 1 aliphatic heterocycles. The van der Waals surface area contributed by atoms with Crippen LogP contribution in [0.1, 0.15) is 20.3 Å². The van der Waals surface area contributed by atoms with Crippen molar-refractivity contribution in [2.45, 2.75) is 36.8 Å². The van der Waals surface area contributed by atoms with Crippen molar-refractivity contribution in [2.24, 2.45) is 0 Å². The summed E-state index contributed by atoms with van der Waals surface area (Å²) in [4.78, 5) is 9.96. The average molecular weight is 379 g/mol. The van der Waals surface area contributed by atoms with Crippen LogP contribution in [0.5, 0.6) is 0 Å². The van der Waals surface area contributed by atoms with Crippen LogP contribution in [0.3, 0.4) is 0 Å². The minimum absolute atomic E-state index is 0.307. The van der Waals surface area contributed by atoms with Crippen molar-refractivity contribution >= 4 is 31.6 Å². The first-order valence-electron chi connectivity index (χ1n) is 6.25. The van der Waals surface area contributed by atoms with Gasteiger partial charge in [0.05, 0.1) is 16.6 Å². The summed E-state index contributed by atoms with van der Waals surface area (Å²) in [6.45, 7) is 3.94. The van der Waals surface area contributed by atoms with Gasteiger partial charge in [-0.25, -0.2) is 13.1 Å². The topological polar surface area (TPSA) is 98.5 Å². The predicted octanol–water partition coefficient (Wildman–Crippen LogP) is 2.20. The molecule has 0 bridgehead atoms. The van der Waals surface area contributed by atoms with Crippen molar-refractivity contribution in [1.82, 2.24) is 4.72 Å². The van der Waals surface area contributed by atoms with Crippen LogP contribution in [0.15, 0.2) is 27.6 Å². The number of nitro groups is 1. The Bertz CT molecular complexity index is 678. The highest BCUT2D eigenvalue weighted by Gasteiger charge is 2.42. The molecule has 116 valence electrons. The SMILES string of the molecule is CC1OCCC1(C)NS(=O)(=O)c1cc(Br)ccc1[N+](=O)[O-]. The lowest BCUT2D eigenvalue weighted by atomic mass is 9.97. The molecule has 2 unspecified atom stereocenters. The van der Waals surface area contributed by atoms with E-state index in [1.165, 1.54) is 12.1 Å². The van der Waals surface area contributed by atoms with Crippen LogP contribution in [0, 0.1) is 10.1 Å². The first kappa shape index (κ1) is 16.3. The smallest absolute Gasteiger partial charge is 0.289 e. The first-order valence-corrected chi connectivity index (χ1v) is 8.53. The van der Waals surface area contributed by atoms with Gasteiger partial charge in [-0.2, -0.15) is 0 Å². The third kappa shape index (κ3) is 3.25. The van der Waals surface area contributed by atoms with E-state index in [4.69, 9.17) is 4.74 Å². The fraction of sp³-hybridized carbons (Fsp3) is 0.500. The van der Waals surface area contributed by atoms with Crippen molar-refractivity contribution in [3.8, 4) is 0 Å². The summed E-state index contributed by atoms with van der Waals surface area (Å²) in [6.07, 6.45) is 0.202. The molecule has 7 nitrogen and oxygen atoms in total. The standard InChI is InChI=1S/C12H15BrN2O5S/c1-8-12(2,5-6-20-8)14-21(18,19)11-7-9(13)3-4-10(11)15(16)17/h3-4,7-8,14H,5-6H2,1-2H3. The van der Waals surface area contributed by atoms with Crippen molar-refractivity contribution in [2.75, 3.05) is 6.61 Å². The number of nitrogens with one attached hydrogen (secondary N) is 1. The zero-order valence-electron chi connectivity index (χ0n) is 11.5. The molecule has 1 N–H and O–H groups in total. The van der Waals surface area contributed by atoms with E-state index < -0.39 is 26.2 Å². The van der Waals surface area contributed by atoms with Gasteiger partial charge in [0.2, 0.25) is 10.0 Å². The van der Waals surface area contributed by atoms with E-state index in [2.05, 4.69) is 20.7 Å². The molecule has 1 saturated heterocycles. The van der Waals surface area contributed by atoms with Crippen LogP contribution in [0.25, 0.3) is 0 Å². The summed E-state index contributed by atoms with van der Waals surface area (Å²) < 4.78 is 33.4. The van der Waals surface area contributed by atoms with Crippen LogP contribution >= 0.6 is 15.9 Å². The van der Waals surface area contributed by atoms with Gasteiger partial charge in [0.15, 0.2) is 4.90 Å². The Morgan fingerprint density at radius 3 is 2.71 bits per heavy atom. The Hall–Kier alpha value is -1.03. The summed E-state index contributed by atoms with van der Waals surface area (Å²) in [5.41, 5.74) is -1.24. The summed E-state index contributed by atoms with van der Waals surface area (Å²) in [5, 5.41) is 11.0. The number of sulfonamides is 1. The molecule has 0 aliphatic carbocycles. The molecule has 0 amide bonds. The van der Waals surface area contributed by atoms with Gasteiger partial charge in [-0.05, 0) is 32.4 Å². The molecule has 0 radical (unpaired) electrons. The molecule has 21 heavy (non-hydrogen) atoms. The monoisotopic (exact) mass is 378 g/mol. The number of rotatable bonds is 4. The lowest BCUT2D eigenvalue weighted by Gasteiger charge is -2.28. The van der Waals surface area contributed by atoms with Gasteiger partial charge < -0.3 is 4.74 Å². The molecule has 1 aromatic rings. The van der Waals surface area contributed by atoms with E-state index in [0.717, 1.165) is 6.07 Å². The van der Waals surface area contributed by atoms with E-state index in [1.54, 1.807) is 13.8 Å². The highest BCUT2D eigenvalue weighted by molar-refractivity contribution is 9.10. The van der Waals surface area contributed by atoms with Crippen LogP contribution in [0.2, 0.25) is 0 Å². The van der Waals surface area contributed by atoms with Gasteiger partial charge in [0.25, 0.3) is 5.69 Å². The van der Waals surface area contributed by atoms with E-state index in [-0.39, 0.29) is 11.0 Å². The molecular weight excluding hydrogens is 364 g/mol. The number of halogens is 1. The Morgan fingerprint density at radius 1 is 1.52 bits per heavy atom. The van der Waals surface area contributed by atoms with Gasteiger partial charge in [0.1, 0.15) is 0 Å². The minimum Gasteiger partial charge on any atom is -0.376 e. The maximum absolute atomic E-state index is 12.5.